The third kappa shape index (κ3) is 6.57. The van der Waals surface area contributed by atoms with Crippen molar-refractivity contribution in [3.63, 3.8) is 0 Å². The molecule has 2 atom stereocenters. The van der Waals surface area contributed by atoms with Gasteiger partial charge in [0.2, 0.25) is 0 Å². The van der Waals surface area contributed by atoms with Crippen LogP contribution in [0.4, 0.5) is 0 Å². The summed E-state index contributed by atoms with van der Waals surface area (Å²) in [6.07, 6.45) is 3.87. The minimum Gasteiger partial charge on any atom is -0.496 e. The number of halogens is 1. The second kappa shape index (κ2) is 10.2. The second-order valence-electron chi connectivity index (χ2n) is 6.94. The Labute approximate surface area is 180 Å². The van der Waals surface area contributed by atoms with E-state index in [2.05, 4.69) is 15.9 Å². The zero-order chi connectivity index (χ0) is 21.6. The molecule has 0 saturated carbocycles. The Morgan fingerprint density at radius 1 is 1.38 bits per heavy atom. The van der Waals surface area contributed by atoms with Crippen LogP contribution in [0, 0.1) is 0 Å². The first-order valence-corrected chi connectivity index (χ1v) is 12.0. The molecule has 2 unspecified atom stereocenters. The number of carbonyl (C=O) groups is 2. The Bertz CT molecular complexity index is 883. The number of hydrogen-bond acceptors (Lipinski definition) is 6. The molecule has 2 rings (SSSR count). The van der Waals surface area contributed by atoms with Gasteiger partial charge in [-0.2, -0.15) is 0 Å². The molecule has 160 valence electrons. The van der Waals surface area contributed by atoms with Crippen LogP contribution in [0.15, 0.2) is 28.7 Å². The van der Waals surface area contributed by atoms with E-state index in [9.17, 15) is 18.0 Å². The molecule has 1 saturated heterocycles. The van der Waals surface area contributed by atoms with E-state index in [1.165, 1.54) is 13.2 Å². The van der Waals surface area contributed by atoms with Gasteiger partial charge in [0.15, 0.2) is 16.4 Å². The number of ether oxygens (including phenoxy) is 2. The molecule has 1 heterocycles. The lowest BCUT2D eigenvalue weighted by atomic mass is 10.1. The third-order valence-electron chi connectivity index (χ3n) is 4.88. The van der Waals surface area contributed by atoms with Crippen molar-refractivity contribution in [2.75, 3.05) is 25.2 Å². The molecule has 0 aliphatic carbocycles. The molecule has 0 radical (unpaired) electrons. The van der Waals surface area contributed by atoms with Gasteiger partial charge in [0, 0.05) is 28.2 Å². The van der Waals surface area contributed by atoms with E-state index in [-0.39, 0.29) is 29.5 Å². The number of carbonyl (C=O) groups excluding carboxylic acids is 2. The number of amides is 1. The van der Waals surface area contributed by atoms with Crippen molar-refractivity contribution in [2.24, 2.45) is 0 Å². The molecule has 0 aromatic heterocycles. The number of nitrogens with zero attached hydrogens (tertiary/aromatic N) is 1. The summed E-state index contributed by atoms with van der Waals surface area (Å²) in [4.78, 5) is 26.3. The van der Waals surface area contributed by atoms with Gasteiger partial charge in [0.1, 0.15) is 5.75 Å². The van der Waals surface area contributed by atoms with Gasteiger partial charge in [-0.3, -0.25) is 4.79 Å². The smallest absolute Gasteiger partial charge is 0.331 e. The van der Waals surface area contributed by atoms with E-state index in [0.29, 0.717) is 24.2 Å². The number of esters is 1. The van der Waals surface area contributed by atoms with E-state index in [0.717, 1.165) is 4.47 Å². The molecule has 0 spiro atoms. The van der Waals surface area contributed by atoms with Crippen LogP contribution in [-0.4, -0.2) is 62.5 Å². The molecule has 7 nitrogen and oxygen atoms in total. The average molecular weight is 488 g/mol. The molecular weight excluding hydrogens is 462 g/mol. The maximum absolute atomic E-state index is 12.7. The van der Waals surface area contributed by atoms with Gasteiger partial charge < -0.3 is 14.4 Å². The normalized spacial score (nSPS) is 19.1. The monoisotopic (exact) mass is 487 g/mol. The average Bonchev–Trinajstić information content (AvgIpc) is 3.03. The van der Waals surface area contributed by atoms with Crippen molar-refractivity contribution in [1.29, 1.82) is 0 Å². The zero-order valence-corrected chi connectivity index (χ0v) is 19.2. The van der Waals surface area contributed by atoms with Crippen molar-refractivity contribution in [3.8, 4) is 5.75 Å². The fourth-order valence-electron chi connectivity index (χ4n) is 3.25. The number of rotatable bonds is 8. The van der Waals surface area contributed by atoms with Gasteiger partial charge in [-0.25, -0.2) is 13.2 Å². The van der Waals surface area contributed by atoms with Gasteiger partial charge >= 0.3 is 5.97 Å². The summed E-state index contributed by atoms with van der Waals surface area (Å²) < 4.78 is 34.8. The molecular formula is C20H26BrNO6S. The van der Waals surface area contributed by atoms with Crippen LogP contribution < -0.4 is 4.74 Å². The van der Waals surface area contributed by atoms with E-state index in [1.54, 1.807) is 23.1 Å². The first-order valence-electron chi connectivity index (χ1n) is 9.36. The number of hydrogen-bond donors (Lipinski definition) is 0. The SMILES string of the molecule is CCC(C)N(C(=O)COC(=O)/C=C/c1cc(Br)ccc1OC)C1CCS(=O)(=O)C1. The molecule has 0 bridgehead atoms. The van der Waals surface area contributed by atoms with Crippen LogP contribution >= 0.6 is 15.9 Å². The summed E-state index contributed by atoms with van der Waals surface area (Å²) in [6, 6.07) is 4.86. The highest BCUT2D eigenvalue weighted by Gasteiger charge is 2.36. The Morgan fingerprint density at radius 2 is 2.10 bits per heavy atom. The molecule has 1 aliphatic heterocycles. The Balaban J connectivity index is 2.00. The molecule has 1 aliphatic rings. The lowest BCUT2D eigenvalue weighted by Crippen LogP contribution is -2.48. The number of methoxy groups -OCH3 is 1. The molecule has 1 fully saturated rings. The predicted molar refractivity (Wildman–Crippen MR) is 114 cm³/mol. The molecule has 0 N–H and O–H groups in total. The highest BCUT2D eigenvalue weighted by atomic mass is 79.9. The van der Waals surface area contributed by atoms with Gasteiger partial charge in [-0.1, -0.05) is 22.9 Å². The van der Waals surface area contributed by atoms with Gasteiger partial charge in [0.05, 0.1) is 18.6 Å². The van der Waals surface area contributed by atoms with Crippen molar-refractivity contribution in [1.82, 2.24) is 4.90 Å². The van der Waals surface area contributed by atoms with E-state index in [1.807, 2.05) is 19.9 Å². The lowest BCUT2D eigenvalue weighted by Gasteiger charge is -2.33. The van der Waals surface area contributed by atoms with Crippen molar-refractivity contribution in [2.45, 2.75) is 38.8 Å². The molecule has 29 heavy (non-hydrogen) atoms. The standard InChI is InChI=1S/C20H26BrNO6S/c1-4-14(2)22(17-9-10-29(25,26)13-17)19(23)12-28-20(24)8-5-15-11-16(21)6-7-18(15)27-3/h5-8,11,14,17H,4,9-10,12-13H2,1-3H3/b8-5+. The maximum Gasteiger partial charge on any atom is 0.331 e. The summed E-state index contributed by atoms with van der Waals surface area (Å²) in [5.41, 5.74) is 0.683. The summed E-state index contributed by atoms with van der Waals surface area (Å²) in [6.45, 7) is 3.36. The van der Waals surface area contributed by atoms with Gasteiger partial charge in [-0.05, 0) is 44.0 Å². The highest BCUT2D eigenvalue weighted by Crippen LogP contribution is 2.24. The van der Waals surface area contributed by atoms with Crippen molar-refractivity contribution in [3.05, 3.63) is 34.3 Å². The summed E-state index contributed by atoms with van der Waals surface area (Å²) in [7, 11) is -1.59. The minimum absolute atomic E-state index is 0.0421. The molecule has 1 amide bonds. The van der Waals surface area contributed by atoms with Crippen LogP contribution in [0.1, 0.15) is 32.3 Å². The number of sulfone groups is 1. The first kappa shape index (κ1) is 23.4. The quantitative estimate of drug-likeness (QED) is 0.413. The largest absolute Gasteiger partial charge is 0.496 e. The van der Waals surface area contributed by atoms with Crippen LogP contribution in [0.3, 0.4) is 0 Å². The summed E-state index contributed by atoms with van der Waals surface area (Å²) >= 11 is 3.36. The Morgan fingerprint density at radius 3 is 2.69 bits per heavy atom. The molecule has 1 aromatic carbocycles. The third-order valence-corrected chi connectivity index (χ3v) is 7.13. The first-order chi connectivity index (χ1) is 13.7. The second-order valence-corrected chi connectivity index (χ2v) is 10.1. The topological polar surface area (TPSA) is 90.0 Å². The van der Waals surface area contributed by atoms with Crippen LogP contribution in [0.5, 0.6) is 5.75 Å². The van der Waals surface area contributed by atoms with E-state index in [4.69, 9.17) is 9.47 Å². The van der Waals surface area contributed by atoms with Crippen LogP contribution in [0.2, 0.25) is 0 Å². The zero-order valence-electron chi connectivity index (χ0n) is 16.8. The number of benzene rings is 1. The van der Waals surface area contributed by atoms with Gasteiger partial charge in [-0.15, -0.1) is 0 Å². The lowest BCUT2D eigenvalue weighted by molar-refractivity contribution is -0.150. The van der Waals surface area contributed by atoms with Crippen LogP contribution in [0.25, 0.3) is 6.08 Å². The maximum atomic E-state index is 12.7. The Kier molecular flexibility index (Phi) is 8.27. The van der Waals surface area contributed by atoms with Crippen LogP contribution in [-0.2, 0) is 24.2 Å². The molecule has 1 aromatic rings. The van der Waals surface area contributed by atoms with E-state index >= 15 is 0 Å². The summed E-state index contributed by atoms with van der Waals surface area (Å²) in [5.74, 6) is -0.417. The van der Waals surface area contributed by atoms with Crippen molar-refractivity contribution < 1.29 is 27.5 Å². The van der Waals surface area contributed by atoms with Crippen molar-refractivity contribution >= 4 is 43.7 Å². The highest BCUT2D eigenvalue weighted by molar-refractivity contribution is 9.10. The van der Waals surface area contributed by atoms with Gasteiger partial charge in [0.25, 0.3) is 5.91 Å². The van der Waals surface area contributed by atoms with E-state index < -0.39 is 22.4 Å². The predicted octanol–water partition coefficient (Wildman–Crippen LogP) is 2.83. The fourth-order valence-corrected chi connectivity index (χ4v) is 5.34. The summed E-state index contributed by atoms with van der Waals surface area (Å²) in [5, 5.41) is 0. The fraction of sp³-hybridized carbons (Fsp3) is 0.500. The molecule has 9 heteroatoms. The Hall–Kier alpha value is -1.87. The minimum atomic E-state index is -3.12.